The van der Waals surface area contributed by atoms with Crippen molar-refractivity contribution in [3.63, 3.8) is 0 Å². The molecule has 7 heteroatoms. The molecule has 2 N–H and O–H groups in total. The van der Waals surface area contributed by atoms with Gasteiger partial charge in [-0.25, -0.2) is 9.37 Å². The Hall–Kier alpha value is -2.44. The van der Waals surface area contributed by atoms with Crippen molar-refractivity contribution in [3.05, 3.63) is 29.8 Å². The third-order valence-electron chi connectivity index (χ3n) is 6.54. The zero-order chi connectivity index (χ0) is 20.4. The van der Waals surface area contributed by atoms with E-state index in [0.29, 0.717) is 37.0 Å². The SMILES string of the molecule is O=C(O)CC1CCN(C(=O)C2CCCCC2)CC1Cc1nc2ccc(F)cc2[nH]1. The maximum atomic E-state index is 13.5. The number of carboxylic acid groups (broad SMARTS) is 1. The number of nitrogens with zero attached hydrogens (tertiary/aromatic N) is 2. The fourth-order valence-corrected chi connectivity index (χ4v) is 4.99. The molecule has 2 atom stereocenters. The van der Waals surface area contributed by atoms with Crippen LogP contribution in [0.1, 0.15) is 50.8 Å². The van der Waals surface area contributed by atoms with Crippen molar-refractivity contribution in [3.8, 4) is 0 Å². The molecule has 4 rings (SSSR count). The molecular weight excluding hydrogens is 373 g/mol. The van der Waals surface area contributed by atoms with Gasteiger partial charge in [-0.1, -0.05) is 19.3 Å². The van der Waals surface area contributed by atoms with Crippen molar-refractivity contribution in [2.45, 2.75) is 51.4 Å². The minimum Gasteiger partial charge on any atom is -0.481 e. The number of fused-ring (bicyclic) bond motifs is 1. The molecule has 2 fully saturated rings. The number of amides is 1. The number of aliphatic carboxylic acids is 1. The third-order valence-corrected chi connectivity index (χ3v) is 6.54. The second-order valence-electron chi connectivity index (χ2n) is 8.57. The lowest BCUT2D eigenvalue weighted by Crippen LogP contribution is -2.47. The van der Waals surface area contributed by atoms with Crippen LogP contribution in [0, 0.1) is 23.6 Å². The maximum Gasteiger partial charge on any atom is 0.303 e. The lowest BCUT2D eigenvalue weighted by atomic mass is 9.80. The molecule has 2 aromatic rings. The molecule has 1 aliphatic carbocycles. The number of aromatic amines is 1. The lowest BCUT2D eigenvalue weighted by molar-refractivity contribution is -0.141. The number of nitrogens with one attached hydrogen (secondary N) is 1. The quantitative estimate of drug-likeness (QED) is 0.799. The van der Waals surface area contributed by atoms with Crippen LogP contribution in [0.4, 0.5) is 4.39 Å². The Morgan fingerprint density at radius 3 is 2.72 bits per heavy atom. The van der Waals surface area contributed by atoms with Crippen molar-refractivity contribution < 1.29 is 19.1 Å². The molecule has 0 radical (unpaired) electrons. The fraction of sp³-hybridized carbons (Fsp3) is 0.591. The molecule has 1 saturated carbocycles. The van der Waals surface area contributed by atoms with Crippen molar-refractivity contribution in [1.82, 2.24) is 14.9 Å². The highest BCUT2D eigenvalue weighted by Crippen LogP contribution is 2.32. The van der Waals surface area contributed by atoms with Gasteiger partial charge in [0.15, 0.2) is 0 Å². The van der Waals surface area contributed by atoms with Gasteiger partial charge < -0.3 is 15.0 Å². The van der Waals surface area contributed by atoms with Gasteiger partial charge in [0, 0.05) is 31.8 Å². The molecule has 6 nitrogen and oxygen atoms in total. The fourth-order valence-electron chi connectivity index (χ4n) is 4.99. The van der Waals surface area contributed by atoms with Gasteiger partial charge in [-0.2, -0.15) is 0 Å². The number of benzene rings is 1. The summed E-state index contributed by atoms with van der Waals surface area (Å²) in [6, 6.07) is 4.44. The third kappa shape index (κ3) is 4.60. The van der Waals surface area contributed by atoms with E-state index in [2.05, 4.69) is 9.97 Å². The first-order chi connectivity index (χ1) is 14.0. The summed E-state index contributed by atoms with van der Waals surface area (Å²) in [6.07, 6.45) is 6.73. The molecule has 2 aliphatic rings. The first-order valence-corrected chi connectivity index (χ1v) is 10.6. The summed E-state index contributed by atoms with van der Waals surface area (Å²) < 4.78 is 13.5. The van der Waals surface area contributed by atoms with E-state index >= 15 is 0 Å². The van der Waals surface area contributed by atoms with Crippen LogP contribution in [0.15, 0.2) is 18.2 Å². The number of rotatable bonds is 5. The zero-order valence-corrected chi connectivity index (χ0v) is 16.6. The predicted octanol–water partition coefficient (Wildman–Crippen LogP) is 3.76. The van der Waals surface area contributed by atoms with E-state index in [4.69, 9.17) is 0 Å². The first-order valence-electron chi connectivity index (χ1n) is 10.6. The van der Waals surface area contributed by atoms with Gasteiger partial charge in [0.2, 0.25) is 5.91 Å². The highest BCUT2D eigenvalue weighted by Gasteiger charge is 2.35. The average molecular weight is 401 g/mol. The van der Waals surface area contributed by atoms with Crippen LogP contribution in [0.5, 0.6) is 0 Å². The molecule has 1 amide bonds. The molecule has 1 saturated heterocycles. The van der Waals surface area contributed by atoms with Crippen LogP contribution in [0.25, 0.3) is 11.0 Å². The number of carboxylic acids is 1. The van der Waals surface area contributed by atoms with Gasteiger partial charge >= 0.3 is 5.97 Å². The molecule has 1 aliphatic heterocycles. The Kier molecular flexibility index (Phi) is 5.83. The highest BCUT2D eigenvalue weighted by atomic mass is 19.1. The number of aromatic nitrogens is 2. The van der Waals surface area contributed by atoms with Crippen molar-refractivity contribution >= 4 is 22.9 Å². The molecular formula is C22H28FN3O3. The van der Waals surface area contributed by atoms with Crippen LogP contribution < -0.4 is 0 Å². The van der Waals surface area contributed by atoms with Crippen LogP contribution in [0.3, 0.4) is 0 Å². The summed E-state index contributed by atoms with van der Waals surface area (Å²) in [7, 11) is 0. The first kappa shape index (κ1) is 19.9. The Balaban J connectivity index is 1.50. The van der Waals surface area contributed by atoms with Gasteiger partial charge in [-0.15, -0.1) is 0 Å². The standard InChI is InChI=1S/C22H28FN3O3/c23-17-6-7-18-19(12-17)25-20(24-18)10-16-13-26(9-8-15(16)11-21(27)28)22(29)14-4-2-1-3-5-14/h6-7,12,14-16H,1-5,8-11,13H2,(H,24,25)(H,27,28). The number of halogens is 1. The number of imidazole rings is 1. The normalized spacial score (nSPS) is 23.4. The molecule has 2 unspecified atom stereocenters. The van der Waals surface area contributed by atoms with E-state index in [0.717, 1.165) is 31.5 Å². The van der Waals surface area contributed by atoms with Crippen molar-refractivity contribution in [2.24, 2.45) is 17.8 Å². The van der Waals surface area contributed by atoms with Crippen LogP contribution in [-0.4, -0.2) is 44.9 Å². The minimum atomic E-state index is -0.807. The molecule has 1 aromatic carbocycles. The van der Waals surface area contributed by atoms with Crippen LogP contribution in [0.2, 0.25) is 0 Å². The Morgan fingerprint density at radius 1 is 1.17 bits per heavy atom. The summed E-state index contributed by atoms with van der Waals surface area (Å²) in [5.41, 5.74) is 1.34. The smallest absolute Gasteiger partial charge is 0.303 e. The van der Waals surface area contributed by atoms with Gasteiger partial charge in [-0.3, -0.25) is 9.59 Å². The van der Waals surface area contributed by atoms with Crippen molar-refractivity contribution in [2.75, 3.05) is 13.1 Å². The predicted molar refractivity (Wildman–Crippen MR) is 107 cm³/mol. The van der Waals surface area contributed by atoms with Crippen LogP contribution in [-0.2, 0) is 16.0 Å². The second-order valence-corrected chi connectivity index (χ2v) is 8.57. The molecule has 1 aromatic heterocycles. The van der Waals surface area contributed by atoms with Gasteiger partial charge in [0.1, 0.15) is 11.6 Å². The van der Waals surface area contributed by atoms with E-state index in [1.807, 2.05) is 4.90 Å². The molecule has 156 valence electrons. The second kappa shape index (κ2) is 8.51. The number of H-pyrrole nitrogens is 1. The van der Waals surface area contributed by atoms with Gasteiger partial charge in [0.05, 0.1) is 11.0 Å². The van der Waals surface area contributed by atoms with Gasteiger partial charge in [-0.05, 0) is 49.3 Å². The summed E-state index contributed by atoms with van der Waals surface area (Å²) in [5.74, 6) is -0.0227. The summed E-state index contributed by atoms with van der Waals surface area (Å²) >= 11 is 0. The molecule has 0 bridgehead atoms. The maximum absolute atomic E-state index is 13.5. The van der Waals surface area contributed by atoms with E-state index in [1.54, 1.807) is 6.07 Å². The molecule has 0 spiro atoms. The van der Waals surface area contributed by atoms with Crippen molar-refractivity contribution in [1.29, 1.82) is 0 Å². The van der Waals surface area contributed by atoms with Gasteiger partial charge in [0.25, 0.3) is 0 Å². The molecule has 29 heavy (non-hydrogen) atoms. The summed E-state index contributed by atoms with van der Waals surface area (Å²) in [5, 5.41) is 9.33. The largest absolute Gasteiger partial charge is 0.481 e. The Labute approximate surface area is 169 Å². The summed E-state index contributed by atoms with van der Waals surface area (Å²) in [4.78, 5) is 34.0. The lowest BCUT2D eigenvalue weighted by Gasteiger charge is -2.40. The van der Waals surface area contributed by atoms with Crippen LogP contribution >= 0.6 is 0 Å². The highest BCUT2D eigenvalue weighted by molar-refractivity contribution is 5.79. The number of piperidine rings is 1. The van der Waals surface area contributed by atoms with E-state index < -0.39 is 5.97 Å². The van der Waals surface area contributed by atoms with E-state index in [-0.39, 0.29) is 35.9 Å². The zero-order valence-electron chi connectivity index (χ0n) is 16.6. The number of hydrogen-bond acceptors (Lipinski definition) is 3. The monoisotopic (exact) mass is 401 g/mol. The van der Waals surface area contributed by atoms with E-state index in [9.17, 15) is 19.1 Å². The van der Waals surface area contributed by atoms with E-state index in [1.165, 1.54) is 18.6 Å². The topological polar surface area (TPSA) is 86.3 Å². The number of hydrogen-bond donors (Lipinski definition) is 2. The average Bonchev–Trinajstić information content (AvgIpc) is 3.10. The Morgan fingerprint density at radius 2 is 1.97 bits per heavy atom. The number of carbonyl (C=O) groups excluding carboxylic acids is 1. The number of carbonyl (C=O) groups is 2. The summed E-state index contributed by atoms with van der Waals surface area (Å²) in [6.45, 7) is 1.20. The molecule has 2 heterocycles. The Bertz CT molecular complexity index is 891. The number of likely N-dealkylation sites (tertiary alicyclic amines) is 1. The minimum absolute atomic E-state index is 0.00727.